The predicted octanol–water partition coefficient (Wildman–Crippen LogP) is 4.68. The Bertz CT molecular complexity index is 768. The molecular formula is C21H24ClN3S. The topological polar surface area (TPSA) is 18.5 Å². The van der Waals surface area contributed by atoms with Gasteiger partial charge in [0.25, 0.3) is 0 Å². The average Bonchev–Trinajstić information content (AvgIpc) is 2.65. The van der Waals surface area contributed by atoms with Gasteiger partial charge < -0.3 is 10.2 Å². The smallest absolute Gasteiger partial charge is 0.173 e. The number of hydrogen-bond acceptors (Lipinski definition) is 2. The van der Waals surface area contributed by atoms with Crippen LogP contribution in [0.15, 0.2) is 54.6 Å². The molecule has 0 spiro atoms. The molecule has 1 N–H and O–H groups in total. The molecular weight excluding hydrogens is 362 g/mol. The van der Waals surface area contributed by atoms with Crippen molar-refractivity contribution in [3.63, 3.8) is 0 Å². The number of piperazine rings is 1. The zero-order valence-corrected chi connectivity index (χ0v) is 16.6. The van der Waals surface area contributed by atoms with Gasteiger partial charge in [0.1, 0.15) is 0 Å². The molecule has 0 aromatic heterocycles. The largest absolute Gasteiger partial charge is 0.346 e. The molecule has 1 saturated heterocycles. The molecule has 2 aromatic carbocycles. The summed E-state index contributed by atoms with van der Waals surface area (Å²) in [7, 11) is 0. The van der Waals surface area contributed by atoms with E-state index in [1.807, 2.05) is 31.2 Å². The van der Waals surface area contributed by atoms with Crippen molar-refractivity contribution in [3.8, 4) is 0 Å². The van der Waals surface area contributed by atoms with E-state index in [1.165, 1.54) is 5.56 Å². The zero-order chi connectivity index (χ0) is 18.4. The highest BCUT2D eigenvalue weighted by Gasteiger charge is 2.18. The van der Waals surface area contributed by atoms with Crippen molar-refractivity contribution >= 4 is 40.7 Å². The maximum atomic E-state index is 6.02. The first-order chi connectivity index (χ1) is 12.6. The maximum absolute atomic E-state index is 6.02. The summed E-state index contributed by atoms with van der Waals surface area (Å²) in [5.74, 6) is 0. The van der Waals surface area contributed by atoms with E-state index in [4.69, 9.17) is 23.8 Å². The van der Waals surface area contributed by atoms with Crippen LogP contribution in [0.1, 0.15) is 11.1 Å². The van der Waals surface area contributed by atoms with Crippen molar-refractivity contribution in [1.82, 2.24) is 9.80 Å². The Morgan fingerprint density at radius 3 is 2.54 bits per heavy atom. The third-order valence-corrected chi connectivity index (χ3v) is 5.16. The number of nitrogens with one attached hydrogen (secondary N) is 1. The molecule has 26 heavy (non-hydrogen) atoms. The lowest BCUT2D eigenvalue weighted by Crippen LogP contribution is -2.49. The van der Waals surface area contributed by atoms with E-state index in [0.717, 1.165) is 54.1 Å². The molecule has 1 fully saturated rings. The Labute approximate surface area is 166 Å². The van der Waals surface area contributed by atoms with Gasteiger partial charge in [-0.25, -0.2) is 0 Å². The van der Waals surface area contributed by atoms with Crippen LogP contribution in [0, 0.1) is 6.92 Å². The van der Waals surface area contributed by atoms with Crippen LogP contribution >= 0.6 is 23.8 Å². The van der Waals surface area contributed by atoms with E-state index in [9.17, 15) is 0 Å². The SMILES string of the molecule is Cc1cc(Cl)ccc1NC(=S)N1CCN(CC=Cc2ccccc2)CC1. The van der Waals surface area contributed by atoms with Gasteiger partial charge in [-0.1, -0.05) is 54.1 Å². The molecule has 2 aromatic rings. The number of benzene rings is 2. The first-order valence-corrected chi connectivity index (χ1v) is 9.66. The van der Waals surface area contributed by atoms with Crippen LogP contribution < -0.4 is 5.32 Å². The number of thiocarbonyl (C=S) groups is 1. The molecule has 3 rings (SSSR count). The van der Waals surface area contributed by atoms with Gasteiger partial charge in [0.2, 0.25) is 0 Å². The molecule has 0 saturated carbocycles. The summed E-state index contributed by atoms with van der Waals surface area (Å²) in [6, 6.07) is 16.2. The summed E-state index contributed by atoms with van der Waals surface area (Å²) >= 11 is 11.6. The van der Waals surface area contributed by atoms with E-state index in [-0.39, 0.29) is 0 Å². The molecule has 0 aliphatic carbocycles. The van der Waals surface area contributed by atoms with Crippen LogP contribution in [0.2, 0.25) is 5.02 Å². The second kappa shape index (κ2) is 9.17. The molecule has 136 valence electrons. The summed E-state index contributed by atoms with van der Waals surface area (Å²) in [5.41, 5.74) is 3.37. The van der Waals surface area contributed by atoms with Crippen molar-refractivity contribution < 1.29 is 0 Å². The molecule has 0 unspecified atom stereocenters. The first kappa shape index (κ1) is 18.9. The lowest BCUT2D eigenvalue weighted by molar-refractivity contribution is 0.200. The number of anilines is 1. The van der Waals surface area contributed by atoms with E-state index in [1.54, 1.807) is 0 Å². The number of rotatable bonds is 4. The molecule has 0 amide bonds. The maximum Gasteiger partial charge on any atom is 0.173 e. The molecule has 5 heteroatoms. The third-order valence-electron chi connectivity index (χ3n) is 4.56. The highest BCUT2D eigenvalue weighted by atomic mass is 35.5. The number of nitrogens with zero attached hydrogens (tertiary/aromatic N) is 2. The Hall–Kier alpha value is -1.88. The molecule has 1 heterocycles. The van der Waals surface area contributed by atoms with Crippen LogP contribution in [0.4, 0.5) is 5.69 Å². The normalized spacial score (nSPS) is 15.4. The standard InChI is InChI=1S/C21H24ClN3S/c1-17-16-19(22)9-10-20(17)23-21(26)25-14-12-24(13-15-25)11-5-8-18-6-3-2-4-7-18/h2-10,16H,11-15H2,1H3,(H,23,26). The minimum atomic E-state index is 0.746. The molecule has 1 aliphatic heterocycles. The average molecular weight is 386 g/mol. The van der Waals surface area contributed by atoms with Crippen LogP contribution in [-0.2, 0) is 0 Å². The number of halogens is 1. The van der Waals surface area contributed by atoms with Gasteiger partial charge in [-0.15, -0.1) is 0 Å². The minimum Gasteiger partial charge on any atom is -0.346 e. The zero-order valence-electron chi connectivity index (χ0n) is 15.0. The van der Waals surface area contributed by atoms with Crippen molar-refractivity contribution in [3.05, 3.63) is 70.8 Å². The van der Waals surface area contributed by atoms with Crippen molar-refractivity contribution in [2.45, 2.75) is 6.92 Å². The fourth-order valence-electron chi connectivity index (χ4n) is 3.00. The number of hydrogen-bond donors (Lipinski definition) is 1. The molecule has 1 aliphatic rings. The predicted molar refractivity (Wildman–Crippen MR) is 116 cm³/mol. The van der Waals surface area contributed by atoms with Gasteiger partial charge in [0.05, 0.1) is 0 Å². The van der Waals surface area contributed by atoms with Gasteiger partial charge in [-0.3, -0.25) is 4.90 Å². The molecule has 0 radical (unpaired) electrons. The monoisotopic (exact) mass is 385 g/mol. The van der Waals surface area contributed by atoms with Crippen LogP contribution in [0.25, 0.3) is 6.08 Å². The Balaban J connectivity index is 1.45. The van der Waals surface area contributed by atoms with Crippen molar-refractivity contribution in [1.29, 1.82) is 0 Å². The summed E-state index contributed by atoms with van der Waals surface area (Å²) in [4.78, 5) is 4.69. The van der Waals surface area contributed by atoms with Crippen LogP contribution in [-0.4, -0.2) is 47.6 Å². The highest BCUT2D eigenvalue weighted by Crippen LogP contribution is 2.20. The summed E-state index contributed by atoms with van der Waals surface area (Å²) in [5, 5.41) is 4.89. The van der Waals surface area contributed by atoms with E-state index in [0.29, 0.717) is 0 Å². The second-order valence-electron chi connectivity index (χ2n) is 6.49. The van der Waals surface area contributed by atoms with E-state index < -0.39 is 0 Å². The molecule has 3 nitrogen and oxygen atoms in total. The minimum absolute atomic E-state index is 0.746. The van der Waals surface area contributed by atoms with Crippen LogP contribution in [0.5, 0.6) is 0 Å². The first-order valence-electron chi connectivity index (χ1n) is 8.88. The van der Waals surface area contributed by atoms with Gasteiger partial charge in [-0.2, -0.15) is 0 Å². The summed E-state index contributed by atoms with van der Waals surface area (Å²) < 4.78 is 0. The van der Waals surface area contributed by atoms with Gasteiger partial charge >= 0.3 is 0 Å². The Morgan fingerprint density at radius 1 is 1.12 bits per heavy atom. The fourth-order valence-corrected chi connectivity index (χ4v) is 3.52. The Morgan fingerprint density at radius 2 is 1.85 bits per heavy atom. The van der Waals surface area contributed by atoms with E-state index in [2.05, 4.69) is 51.5 Å². The number of aryl methyl sites for hydroxylation is 1. The highest BCUT2D eigenvalue weighted by molar-refractivity contribution is 7.80. The lowest BCUT2D eigenvalue weighted by atomic mass is 10.2. The second-order valence-corrected chi connectivity index (χ2v) is 7.31. The van der Waals surface area contributed by atoms with Crippen LogP contribution in [0.3, 0.4) is 0 Å². The van der Waals surface area contributed by atoms with Gasteiger partial charge in [0.15, 0.2) is 5.11 Å². The van der Waals surface area contributed by atoms with Crippen molar-refractivity contribution in [2.75, 3.05) is 38.0 Å². The third kappa shape index (κ3) is 5.31. The fraction of sp³-hybridized carbons (Fsp3) is 0.286. The molecule has 0 atom stereocenters. The molecule has 0 bridgehead atoms. The Kier molecular flexibility index (Phi) is 6.67. The van der Waals surface area contributed by atoms with E-state index >= 15 is 0 Å². The van der Waals surface area contributed by atoms with Gasteiger partial charge in [0, 0.05) is 43.4 Å². The summed E-state index contributed by atoms with van der Waals surface area (Å²) in [6.45, 7) is 6.92. The quantitative estimate of drug-likeness (QED) is 0.770. The van der Waals surface area contributed by atoms with Gasteiger partial charge in [-0.05, 0) is 48.5 Å². The lowest BCUT2D eigenvalue weighted by Gasteiger charge is -2.35. The summed E-state index contributed by atoms with van der Waals surface area (Å²) in [6.07, 6.45) is 4.42. The van der Waals surface area contributed by atoms with Crippen molar-refractivity contribution in [2.24, 2.45) is 0 Å².